The van der Waals surface area contributed by atoms with Gasteiger partial charge in [0.15, 0.2) is 5.82 Å². The maximum atomic E-state index is 12.0. The van der Waals surface area contributed by atoms with Gasteiger partial charge in [0, 0.05) is 17.3 Å². The highest BCUT2D eigenvalue weighted by molar-refractivity contribution is 6.03. The number of nitrogens with one attached hydrogen (secondary N) is 2. The standard InChI is InChI=1S/C14H17N3O/c1-9(2)12-8-13(17-16-12)15-14(18)11-6-4-5-10(3)7-11/h4-9H,1-3H3,(H2,15,16,17,18). The lowest BCUT2D eigenvalue weighted by Crippen LogP contribution is -2.12. The topological polar surface area (TPSA) is 57.8 Å². The zero-order chi connectivity index (χ0) is 13.1. The fourth-order valence-electron chi connectivity index (χ4n) is 1.67. The normalized spacial score (nSPS) is 10.7. The second-order valence-electron chi connectivity index (χ2n) is 4.69. The third-order valence-electron chi connectivity index (χ3n) is 2.74. The number of hydrogen-bond donors (Lipinski definition) is 2. The molecule has 0 atom stereocenters. The molecule has 1 amide bonds. The molecule has 0 aliphatic carbocycles. The first-order valence-electron chi connectivity index (χ1n) is 5.99. The monoisotopic (exact) mass is 243 g/mol. The van der Waals surface area contributed by atoms with Crippen molar-refractivity contribution in [2.45, 2.75) is 26.7 Å². The van der Waals surface area contributed by atoms with E-state index < -0.39 is 0 Å². The average molecular weight is 243 g/mol. The lowest BCUT2D eigenvalue weighted by molar-refractivity contribution is 0.102. The molecule has 0 unspecified atom stereocenters. The molecule has 2 rings (SSSR count). The van der Waals surface area contributed by atoms with E-state index in [4.69, 9.17) is 0 Å². The van der Waals surface area contributed by atoms with Gasteiger partial charge in [-0.1, -0.05) is 31.5 Å². The molecule has 1 heterocycles. The van der Waals surface area contributed by atoms with E-state index in [-0.39, 0.29) is 5.91 Å². The minimum absolute atomic E-state index is 0.138. The molecule has 0 radical (unpaired) electrons. The Bertz CT molecular complexity index is 558. The van der Waals surface area contributed by atoms with Gasteiger partial charge in [0.25, 0.3) is 5.91 Å². The van der Waals surface area contributed by atoms with Gasteiger partial charge in [-0.3, -0.25) is 9.89 Å². The van der Waals surface area contributed by atoms with Crippen molar-refractivity contribution in [2.75, 3.05) is 5.32 Å². The van der Waals surface area contributed by atoms with E-state index in [2.05, 4.69) is 29.4 Å². The first kappa shape index (κ1) is 12.4. The molecule has 0 bridgehead atoms. The molecular formula is C14H17N3O. The van der Waals surface area contributed by atoms with Gasteiger partial charge < -0.3 is 5.32 Å². The van der Waals surface area contributed by atoms with E-state index in [0.29, 0.717) is 17.3 Å². The predicted octanol–water partition coefficient (Wildman–Crippen LogP) is 3.09. The van der Waals surface area contributed by atoms with E-state index >= 15 is 0 Å². The molecule has 0 saturated carbocycles. The maximum Gasteiger partial charge on any atom is 0.256 e. The summed E-state index contributed by atoms with van der Waals surface area (Å²) in [7, 11) is 0. The SMILES string of the molecule is Cc1cccc(C(=O)Nc2cc(C(C)C)[nH]n2)c1. The molecular weight excluding hydrogens is 226 g/mol. The molecule has 0 aliphatic rings. The van der Waals surface area contributed by atoms with Gasteiger partial charge in [0.2, 0.25) is 0 Å². The van der Waals surface area contributed by atoms with E-state index in [1.165, 1.54) is 0 Å². The summed E-state index contributed by atoms with van der Waals surface area (Å²) in [5.41, 5.74) is 2.71. The van der Waals surface area contributed by atoms with Crippen LogP contribution >= 0.6 is 0 Å². The smallest absolute Gasteiger partial charge is 0.256 e. The number of aromatic nitrogens is 2. The third-order valence-corrected chi connectivity index (χ3v) is 2.74. The number of aryl methyl sites for hydroxylation is 1. The first-order chi connectivity index (χ1) is 8.56. The molecule has 1 aromatic heterocycles. The zero-order valence-electron chi connectivity index (χ0n) is 10.8. The van der Waals surface area contributed by atoms with Crippen molar-refractivity contribution in [3.63, 3.8) is 0 Å². The number of amides is 1. The number of nitrogens with zero attached hydrogens (tertiary/aromatic N) is 1. The number of carbonyl (C=O) groups is 1. The lowest BCUT2D eigenvalue weighted by atomic mass is 10.1. The van der Waals surface area contributed by atoms with Gasteiger partial charge in [-0.05, 0) is 25.0 Å². The minimum Gasteiger partial charge on any atom is -0.305 e. The van der Waals surface area contributed by atoms with Crippen LogP contribution in [0, 0.1) is 6.92 Å². The van der Waals surface area contributed by atoms with Crippen molar-refractivity contribution in [3.05, 3.63) is 47.2 Å². The maximum absolute atomic E-state index is 12.0. The van der Waals surface area contributed by atoms with Crippen molar-refractivity contribution < 1.29 is 4.79 Å². The molecule has 2 N–H and O–H groups in total. The van der Waals surface area contributed by atoms with Gasteiger partial charge >= 0.3 is 0 Å². The number of benzene rings is 1. The number of hydrogen-bond acceptors (Lipinski definition) is 2. The average Bonchev–Trinajstić information content (AvgIpc) is 2.77. The van der Waals surface area contributed by atoms with Crippen LogP contribution in [0.15, 0.2) is 30.3 Å². The molecule has 1 aromatic carbocycles. The summed E-state index contributed by atoms with van der Waals surface area (Å²) in [5.74, 6) is 0.785. The van der Waals surface area contributed by atoms with Crippen molar-refractivity contribution in [3.8, 4) is 0 Å². The molecule has 0 saturated heterocycles. The summed E-state index contributed by atoms with van der Waals surface area (Å²) in [6, 6.07) is 9.33. The summed E-state index contributed by atoms with van der Waals surface area (Å²) in [6.45, 7) is 6.10. The van der Waals surface area contributed by atoms with Crippen LogP contribution in [0.3, 0.4) is 0 Å². The quantitative estimate of drug-likeness (QED) is 0.870. The predicted molar refractivity (Wildman–Crippen MR) is 71.8 cm³/mol. The summed E-state index contributed by atoms with van der Waals surface area (Å²) >= 11 is 0. The van der Waals surface area contributed by atoms with Crippen molar-refractivity contribution in [2.24, 2.45) is 0 Å². The highest BCUT2D eigenvalue weighted by atomic mass is 16.1. The Balaban J connectivity index is 2.11. The Morgan fingerprint density at radius 3 is 2.72 bits per heavy atom. The van der Waals surface area contributed by atoms with Crippen LogP contribution in [0.5, 0.6) is 0 Å². The lowest BCUT2D eigenvalue weighted by Gasteiger charge is -2.02. The number of H-pyrrole nitrogens is 1. The van der Waals surface area contributed by atoms with E-state index in [1.807, 2.05) is 31.2 Å². The van der Waals surface area contributed by atoms with Crippen LogP contribution in [-0.4, -0.2) is 16.1 Å². The Hall–Kier alpha value is -2.10. The highest BCUT2D eigenvalue weighted by Crippen LogP contribution is 2.15. The fraction of sp³-hybridized carbons (Fsp3) is 0.286. The molecule has 94 valence electrons. The van der Waals surface area contributed by atoms with Crippen LogP contribution in [-0.2, 0) is 0 Å². The van der Waals surface area contributed by atoms with Crippen molar-refractivity contribution >= 4 is 11.7 Å². The van der Waals surface area contributed by atoms with Gasteiger partial charge in [0.1, 0.15) is 0 Å². The van der Waals surface area contributed by atoms with Crippen molar-refractivity contribution in [1.29, 1.82) is 0 Å². The Morgan fingerprint density at radius 2 is 2.11 bits per heavy atom. The fourth-order valence-corrected chi connectivity index (χ4v) is 1.67. The Morgan fingerprint density at radius 1 is 1.33 bits per heavy atom. The summed E-state index contributed by atoms with van der Waals surface area (Å²) in [6.07, 6.45) is 0. The summed E-state index contributed by atoms with van der Waals surface area (Å²) < 4.78 is 0. The minimum atomic E-state index is -0.138. The third kappa shape index (κ3) is 2.77. The summed E-state index contributed by atoms with van der Waals surface area (Å²) in [4.78, 5) is 12.0. The van der Waals surface area contributed by atoms with Crippen LogP contribution in [0.4, 0.5) is 5.82 Å². The van der Waals surface area contributed by atoms with Crippen LogP contribution in [0.25, 0.3) is 0 Å². The van der Waals surface area contributed by atoms with E-state index in [9.17, 15) is 4.79 Å². The van der Waals surface area contributed by atoms with E-state index in [0.717, 1.165) is 11.3 Å². The van der Waals surface area contributed by atoms with Crippen molar-refractivity contribution in [1.82, 2.24) is 10.2 Å². The Kier molecular flexibility index (Phi) is 3.46. The number of rotatable bonds is 3. The highest BCUT2D eigenvalue weighted by Gasteiger charge is 2.09. The summed E-state index contributed by atoms with van der Waals surface area (Å²) in [5, 5.41) is 9.76. The Labute approximate surface area is 106 Å². The van der Waals surface area contributed by atoms with Crippen LogP contribution in [0.1, 0.15) is 41.4 Å². The largest absolute Gasteiger partial charge is 0.305 e. The molecule has 18 heavy (non-hydrogen) atoms. The van der Waals surface area contributed by atoms with E-state index in [1.54, 1.807) is 6.07 Å². The second kappa shape index (κ2) is 5.04. The molecule has 0 fully saturated rings. The zero-order valence-corrected chi connectivity index (χ0v) is 10.8. The van der Waals surface area contributed by atoms with Gasteiger partial charge in [0.05, 0.1) is 0 Å². The number of anilines is 1. The number of carbonyl (C=O) groups excluding carboxylic acids is 1. The first-order valence-corrected chi connectivity index (χ1v) is 5.99. The van der Waals surface area contributed by atoms with Crippen LogP contribution < -0.4 is 5.32 Å². The van der Waals surface area contributed by atoms with Crippen LogP contribution in [0.2, 0.25) is 0 Å². The molecule has 4 heteroatoms. The van der Waals surface area contributed by atoms with Gasteiger partial charge in [-0.2, -0.15) is 5.10 Å². The van der Waals surface area contributed by atoms with Gasteiger partial charge in [-0.15, -0.1) is 0 Å². The molecule has 0 aliphatic heterocycles. The number of aromatic amines is 1. The molecule has 2 aromatic rings. The van der Waals surface area contributed by atoms with Gasteiger partial charge in [-0.25, -0.2) is 0 Å². The second-order valence-corrected chi connectivity index (χ2v) is 4.69. The molecule has 0 spiro atoms. The molecule has 4 nitrogen and oxygen atoms in total.